The number of nitrogens with zero attached hydrogens (tertiary/aromatic N) is 2. The molecule has 2 aromatic carbocycles. The van der Waals surface area contributed by atoms with Gasteiger partial charge in [0.05, 0.1) is 25.9 Å². The van der Waals surface area contributed by atoms with Crippen molar-refractivity contribution < 1.29 is 27.4 Å². The minimum atomic E-state index is -4.56. The minimum absolute atomic E-state index is 0.0892. The summed E-state index contributed by atoms with van der Waals surface area (Å²) in [6.45, 7) is 0. The average molecular weight is 481 g/mol. The van der Waals surface area contributed by atoms with Crippen molar-refractivity contribution in [3.05, 3.63) is 64.8 Å². The van der Waals surface area contributed by atoms with Crippen LogP contribution in [-0.2, 0) is 0 Å². The van der Waals surface area contributed by atoms with Crippen LogP contribution in [0.1, 0.15) is 34.6 Å². The Morgan fingerprint density at radius 2 is 1.88 bits per heavy atom. The van der Waals surface area contributed by atoms with E-state index in [9.17, 15) is 18.0 Å². The maximum Gasteiger partial charge on any atom is 0.410 e. The van der Waals surface area contributed by atoms with E-state index in [0.717, 1.165) is 4.68 Å². The number of methoxy groups -OCH3 is 2. The molecule has 4 rings (SSSR count). The molecule has 1 aromatic heterocycles. The molecule has 0 aliphatic carbocycles. The molecule has 0 fully saturated rings. The van der Waals surface area contributed by atoms with E-state index < -0.39 is 24.2 Å². The fourth-order valence-electron chi connectivity index (χ4n) is 3.70. The van der Waals surface area contributed by atoms with Crippen LogP contribution in [0.3, 0.4) is 0 Å². The van der Waals surface area contributed by atoms with Crippen LogP contribution in [0.2, 0.25) is 5.02 Å². The van der Waals surface area contributed by atoms with Crippen LogP contribution in [-0.4, -0.2) is 36.1 Å². The van der Waals surface area contributed by atoms with Gasteiger partial charge in [0.2, 0.25) is 0 Å². The molecule has 33 heavy (non-hydrogen) atoms. The second-order valence-electron chi connectivity index (χ2n) is 7.42. The Balaban J connectivity index is 1.65. The van der Waals surface area contributed by atoms with Crippen LogP contribution in [0, 0.1) is 0 Å². The van der Waals surface area contributed by atoms with Gasteiger partial charge < -0.3 is 20.1 Å². The molecule has 174 valence electrons. The smallest absolute Gasteiger partial charge is 0.410 e. The molecule has 0 bridgehead atoms. The third-order valence-corrected chi connectivity index (χ3v) is 5.60. The van der Waals surface area contributed by atoms with Gasteiger partial charge in [0.1, 0.15) is 17.3 Å². The molecule has 0 radical (unpaired) electrons. The van der Waals surface area contributed by atoms with Crippen molar-refractivity contribution in [1.82, 2.24) is 9.78 Å². The van der Waals surface area contributed by atoms with E-state index in [1.165, 1.54) is 20.3 Å². The number of hydrogen-bond acceptors (Lipinski definition) is 5. The normalized spacial score (nSPS) is 17.6. The van der Waals surface area contributed by atoms with E-state index >= 15 is 0 Å². The lowest BCUT2D eigenvalue weighted by Crippen LogP contribution is -2.35. The quantitative estimate of drug-likeness (QED) is 0.506. The monoisotopic (exact) mass is 480 g/mol. The van der Waals surface area contributed by atoms with Gasteiger partial charge in [-0.25, -0.2) is 4.68 Å². The first-order valence-electron chi connectivity index (χ1n) is 9.91. The Bertz CT molecular complexity index is 1160. The Morgan fingerprint density at radius 3 is 2.52 bits per heavy atom. The highest BCUT2D eigenvalue weighted by Gasteiger charge is 2.46. The lowest BCUT2D eigenvalue weighted by atomic mass is 9.97. The molecule has 2 N–H and O–H groups in total. The number of nitrogens with one attached hydrogen (secondary N) is 2. The third kappa shape index (κ3) is 4.70. The number of anilines is 2. The molecule has 2 atom stereocenters. The minimum Gasteiger partial charge on any atom is -0.497 e. The van der Waals surface area contributed by atoms with Crippen LogP contribution < -0.4 is 20.1 Å². The fraction of sp³-hybridized carbons (Fsp3) is 0.273. The largest absolute Gasteiger partial charge is 0.497 e. The zero-order valence-electron chi connectivity index (χ0n) is 17.6. The lowest BCUT2D eigenvalue weighted by molar-refractivity contribution is -0.173. The summed E-state index contributed by atoms with van der Waals surface area (Å²) in [5.41, 5.74) is 0.772. The summed E-state index contributed by atoms with van der Waals surface area (Å²) in [6.07, 6.45) is -4.85. The van der Waals surface area contributed by atoms with Crippen molar-refractivity contribution in [2.45, 2.75) is 24.7 Å². The third-order valence-electron chi connectivity index (χ3n) is 5.35. The van der Waals surface area contributed by atoms with Crippen LogP contribution >= 0.6 is 11.6 Å². The number of amides is 1. The summed E-state index contributed by atoms with van der Waals surface area (Å²) in [6, 6.07) is 10.1. The zero-order valence-corrected chi connectivity index (χ0v) is 18.4. The number of alkyl halides is 3. The number of carbonyl (C=O) groups excluding carboxylic acids is 1. The van der Waals surface area contributed by atoms with E-state index in [4.69, 9.17) is 21.1 Å². The number of ether oxygens (including phenoxy) is 2. The maximum atomic E-state index is 13.9. The summed E-state index contributed by atoms with van der Waals surface area (Å²) < 4.78 is 52.8. The number of aromatic nitrogens is 2. The molecular weight excluding hydrogens is 461 g/mol. The van der Waals surface area contributed by atoms with Gasteiger partial charge in [0.15, 0.2) is 11.7 Å². The first-order chi connectivity index (χ1) is 15.7. The fourth-order valence-corrected chi connectivity index (χ4v) is 3.82. The topological polar surface area (TPSA) is 77.4 Å². The van der Waals surface area contributed by atoms with Crippen molar-refractivity contribution in [3.8, 4) is 11.5 Å². The van der Waals surface area contributed by atoms with Gasteiger partial charge >= 0.3 is 6.18 Å². The molecule has 11 heteroatoms. The molecular formula is C22H20ClF3N4O3. The Kier molecular flexibility index (Phi) is 6.11. The zero-order chi connectivity index (χ0) is 23.8. The predicted molar refractivity (Wildman–Crippen MR) is 117 cm³/mol. The molecule has 0 spiro atoms. The molecule has 1 amide bonds. The Morgan fingerprint density at radius 1 is 1.15 bits per heavy atom. The molecule has 0 saturated heterocycles. The maximum absolute atomic E-state index is 13.9. The molecule has 7 nitrogen and oxygen atoms in total. The van der Waals surface area contributed by atoms with Crippen LogP contribution in [0.25, 0.3) is 0 Å². The first kappa shape index (κ1) is 22.8. The number of fused-ring (bicyclic) bond motifs is 1. The highest BCUT2D eigenvalue weighted by molar-refractivity contribution is 6.30. The second-order valence-corrected chi connectivity index (χ2v) is 7.86. The van der Waals surface area contributed by atoms with Crippen LogP contribution in [0.5, 0.6) is 11.5 Å². The lowest BCUT2D eigenvalue weighted by Gasteiger charge is -2.33. The summed E-state index contributed by atoms with van der Waals surface area (Å²) in [4.78, 5) is 12.8. The molecule has 2 heterocycles. The van der Waals surface area contributed by atoms with E-state index in [1.807, 2.05) is 0 Å². The van der Waals surface area contributed by atoms with Gasteiger partial charge in [-0.05, 0) is 29.8 Å². The predicted octanol–water partition coefficient (Wildman–Crippen LogP) is 5.47. The SMILES string of the molecule is COc1ccc(OC)c(NC(=O)c2cc3n(n2)[C@@H](C(F)(F)F)C[C@H](c2ccc(Cl)cc2)N3)c1. The highest BCUT2D eigenvalue weighted by atomic mass is 35.5. The van der Waals surface area contributed by atoms with E-state index in [0.29, 0.717) is 27.8 Å². The van der Waals surface area contributed by atoms with Gasteiger partial charge in [-0.2, -0.15) is 18.3 Å². The van der Waals surface area contributed by atoms with Gasteiger partial charge in [0, 0.05) is 23.6 Å². The molecule has 1 aliphatic heterocycles. The van der Waals surface area contributed by atoms with Gasteiger partial charge in [0.25, 0.3) is 5.91 Å². The molecule has 0 unspecified atom stereocenters. The van der Waals surface area contributed by atoms with Gasteiger partial charge in [-0.15, -0.1) is 0 Å². The van der Waals surface area contributed by atoms with E-state index in [2.05, 4.69) is 15.7 Å². The Labute approximate surface area is 192 Å². The van der Waals surface area contributed by atoms with Crippen LogP contribution in [0.4, 0.5) is 24.7 Å². The average Bonchev–Trinajstić information content (AvgIpc) is 3.22. The van der Waals surface area contributed by atoms with Crippen molar-refractivity contribution in [3.63, 3.8) is 0 Å². The van der Waals surface area contributed by atoms with E-state index in [-0.39, 0.29) is 17.9 Å². The van der Waals surface area contributed by atoms with Crippen molar-refractivity contribution in [1.29, 1.82) is 0 Å². The highest BCUT2D eigenvalue weighted by Crippen LogP contribution is 2.43. The molecule has 1 aliphatic rings. The summed E-state index contributed by atoms with van der Waals surface area (Å²) in [7, 11) is 2.90. The number of halogens is 4. The summed E-state index contributed by atoms with van der Waals surface area (Å²) >= 11 is 5.90. The van der Waals surface area contributed by atoms with E-state index in [1.54, 1.807) is 42.5 Å². The standard InChI is InChI=1S/C22H20ClF3N4O3/c1-32-14-7-8-18(33-2)16(9-14)28-21(31)17-11-20-27-15(12-3-5-13(23)6-4-12)10-19(22(24,25)26)30(20)29-17/h3-9,11,15,19,27H,10H2,1-2H3,(H,28,31)/t15-,19-/m1/s1. The van der Waals surface area contributed by atoms with Crippen molar-refractivity contribution in [2.75, 3.05) is 24.9 Å². The number of benzene rings is 2. The number of rotatable bonds is 5. The van der Waals surface area contributed by atoms with Gasteiger partial charge in [-0.1, -0.05) is 23.7 Å². The van der Waals surface area contributed by atoms with Crippen molar-refractivity contribution >= 4 is 29.0 Å². The summed E-state index contributed by atoms with van der Waals surface area (Å²) in [5.74, 6) is 0.238. The van der Waals surface area contributed by atoms with Gasteiger partial charge in [-0.3, -0.25) is 4.79 Å². The Hall–Kier alpha value is -3.40. The second kappa shape index (κ2) is 8.86. The van der Waals surface area contributed by atoms with Crippen molar-refractivity contribution in [2.24, 2.45) is 0 Å². The number of hydrogen-bond donors (Lipinski definition) is 2. The first-order valence-corrected chi connectivity index (χ1v) is 10.3. The molecule has 0 saturated carbocycles. The van der Waals surface area contributed by atoms with Crippen LogP contribution in [0.15, 0.2) is 48.5 Å². The number of carbonyl (C=O) groups is 1. The summed E-state index contributed by atoms with van der Waals surface area (Å²) in [5, 5.41) is 10.1. The molecule has 3 aromatic rings.